The Balaban J connectivity index is 1.63. The molecule has 23 heavy (non-hydrogen) atoms. The van der Waals surface area contributed by atoms with Crippen molar-refractivity contribution in [3.63, 3.8) is 0 Å². The lowest BCUT2D eigenvalue weighted by atomic mass is 10.2. The van der Waals surface area contributed by atoms with Gasteiger partial charge < -0.3 is 15.1 Å². The van der Waals surface area contributed by atoms with Gasteiger partial charge in [0.25, 0.3) is 0 Å². The Bertz CT molecular complexity index is 721. The van der Waals surface area contributed by atoms with Crippen LogP contribution in [-0.2, 0) is 4.79 Å². The van der Waals surface area contributed by atoms with E-state index >= 15 is 0 Å². The van der Waals surface area contributed by atoms with E-state index in [1.54, 1.807) is 29.2 Å². The zero-order valence-corrected chi connectivity index (χ0v) is 13.2. The molecule has 0 atom stereocenters. The first-order valence-corrected chi connectivity index (χ1v) is 7.68. The van der Waals surface area contributed by atoms with E-state index in [0.29, 0.717) is 23.8 Å². The molecule has 0 spiro atoms. The van der Waals surface area contributed by atoms with Crippen LogP contribution >= 0.6 is 11.6 Å². The van der Waals surface area contributed by atoms with Crippen molar-refractivity contribution < 1.29 is 9.59 Å². The smallest absolute Gasteiger partial charge is 0.313 e. The van der Waals surface area contributed by atoms with Gasteiger partial charge >= 0.3 is 6.03 Å². The first-order valence-electron chi connectivity index (χ1n) is 7.30. The average Bonchev–Trinajstić information content (AvgIpc) is 2.55. The second kappa shape index (κ2) is 6.71. The Kier molecular flexibility index (Phi) is 4.48. The Hall–Kier alpha value is -2.53. The van der Waals surface area contributed by atoms with Gasteiger partial charge in [-0.25, -0.2) is 4.79 Å². The van der Waals surface area contributed by atoms with Crippen molar-refractivity contribution in [3.05, 3.63) is 59.6 Å². The SMILES string of the molecule is O=C(Nc1cccc(Cl)c1)N1CCN(c2ccccc2)C(=O)C1. The molecule has 0 unspecified atom stereocenters. The van der Waals surface area contributed by atoms with Crippen molar-refractivity contribution >= 4 is 34.9 Å². The molecule has 0 aromatic heterocycles. The lowest BCUT2D eigenvalue weighted by molar-refractivity contribution is -0.120. The first-order chi connectivity index (χ1) is 11.1. The molecule has 1 saturated heterocycles. The number of hydrogen-bond acceptors (Lipinski definition) is 2. The van der Waals surface area contributed by atoms with Crippen LogP contribution in [0.15, 0.2) is 54.6 Å². The number of urea groups is 1. The molecule has 0 radical (unpaired) electrons. The molecule has 1 N–H and O–H groups in total. The van der Waals surface area contributed by atoms with Crippen LogP contribution in [0.2, 0.25) is 5.02 Å². The lowest BCUT2D eigenvalue weighted by Crippen LogP contribution is -2.53. The summed E-state index contributed by atoms with van der Waals surface area (Å²) in [6.45, 7) is 1.01. The summed E-state index contributed by atoms with van der Waals surface area (Å²) in [4.78, 5) is 27.8. The van der Waals surface area contributed by atoms with Crippen LogP contribution in [0.3, 0.4) is 0 Å². The molecule has 3 amide bonds. The Morgan fingerprint density at radius 2 is 1.83 bits per heavy atom. The lowest BCUT2D eigenvalue weighted by Gasteiger charge is -2.34. The molecule has 2 aromatic rings. The summed E-state index contributed by atoms with van der Waals surface area (Å²) in [5.74, 6) is -0.0938. The summed E-state index contributed by atoms with van der Waals surface area (Å²) in [5.41, 5.74) is 1.47. The quantitative estimate of drug-likeness (QED) is 0.919. The van der Waals surface area contributed by atoms with Gasteiger partial charge in [-0.1, -0.05) is 35.9 Å². The molecule has 0 bridgehead atoms. The summed E-state index contributed by atoms with van der Waals surface area (Å²) in [6.07, 6.45) is 0. The van der Waals surface area contributed by atoms with Crippen molar-refractivity contribution in [2.75, 3.05) is 29.9 Å². The summed E-state index contributed by atoms with van der Waals surface area (Å²) in [6, 6.07) is 16.1. The minimum Gasteiger partial charge on any atom is -0.313 e. The Morgan fingerprint density at radius 3 is 2.52 bits per heavy atom. The van der Waals surface area contributed by atoms with Crippen LogP contribution in [0.4, 0.5) is 16.2 Å². The molecule has 118 valence electrons. The van der Waals surface area contributed by atoms with Gasteiger partial charge in [-0.2, -0.15) is 0 Å². The number of anilines is 2. The molecule has 5 nitrogen and oxygen atoms in total. The van der Waals surface area contributed by atoms with E-state index in [-0.39, 0.29) is 18.5 Å². The molecule has 1 aliphatic heterocycles. The average molecular weight is 330 g/mol. The Morgan fingerprint density at radius 1 is 1.04 bits per heavy atom. The van der Waals surface area contributed by atoms with Gasteiger partial charge in [0.2, 0.25) is 5.91 Å². The van der Waals surface area contributed by atoms with Crippen LogP contribution in [-0.4, -0.2) is 36.5 Å². The molecule has 6 heteroatoms. The predicted molar refractivity (Wildman–Crippen MR) is 90.8 cm³/mol. The second-order valence-electron chi connectivity index (χ2n) is 5.24. The van der Waals surface area contributed by atoms with Crippen LogP contribution in [0.1, 0.15) is 0 Å². The van der Waals surface area contributed by atoms with Crippen molar-refractivity contribution in [2.24, 2.45) is 0 Å². The number of hydrogen-bond donors (Lipinski definition) is 1. The molecule has 1 heterocycles. The molecular formula is C17H16ClN3O2. The largest absolute Gasteiger partial charge is 0.322 e. The van der Waals surface area contributed by atoms with Gasteiger partial charge in [0.15, 0.2) is 0 Å². The first kappa shape index (κ1) is 15.4. The number of carbonyl (C=O) groups excluding carboxylic acids is 2. The third-order valence-corrected chi connectivity index (χ3v) is 3.89. The van der Waals surface area contributed by atoms with E-state index in [9.17, 15) is 9.59 Å². The molecule has 2 aromatic carbocycles. The number of nitrogens with zero attached hydrogens (tertiary/aromatic N) is 2. The maximum absolute atomic E-state index is 12.3. The maximum Gasteiger partial charge on any atom is 0.322 e. The van der Waals surface area contributed by atoms with Crippen molar-refractivity contribution in [2.45, 2.75) is 0 Å². The van der Waals surface area contributed by atoms with E-state index in [0.717, 1.165) is 5.69 Å². The van der Waals surface area contributed by atoms with Crippen LogP contribution in [0, 0.1) is 0 Å². The van der Waals surface area contributed by atoms with E-state index in [1.165, 1.54) is 4.90 Å². The fourth-order valence-corrected chi connectivity index (χ4v) is 2.69. The fraction of sp³-hybridized carbons (Fsp3) is 0.176. The second-order valence-corrected chi connectivity index (χ2v) is 5.68. The fourth-order valence-electron chi connectivity index (χ4n) is 2.50. The highest BCUT2D eigenvalue weighted by Gasteiger charge is 2.27. The number of halogens is 1. The van der Waals surface area contributed by atoms with E-state index in [1.807, 2.05) is 30.3 Å². The third kappa shape index (κ3) is 3.63. The summed E-state index contributed by atoms with van der Waals surface area (Å²) in [5, 5.41) is 3.31. The molecule has 1 fully saturated rings. The van der Waals surface area contributed by atoms with Crippen molar-refractivity contribution in [1.82, 2.24) is 4.90 Å². The molecule has 0 aliphatic carbocycles. The highest BCUT2D eigenvalue weighted by Crippen LogP contribution is 2.18. The van der Waals surface area contributed by atoms with E-state index < -0.39 is 0 Å². The molecule has 1 aliphatic rings. The minimum absolute atomic E-state index is 0.0568. The summed E-state index contributed by atoms with van der Waals surface area (Å²) in [7, 11) is 0. The number of carbonyl (C=O) groups is 2. The normalized spacial score (nSPS) is 14.7. The molecule has 3 rings (SSSR count). The van der Waals surface area contributed by atoms with Crippen molar-refractivity contribution in [3.8, 4) is 0 Å². The number of nitrogens with one attached hydrogen (secondary N) is 1. The third-order valence-electron chi connectivity index (χ3n) is 3.65. The van der Waals surface area contributed by atoms with E-state index in [4.69, 9.17) is 11.6 Å². The predicted octanol–water partition coefficient (Wildman–Crippen LogP) is 3.22. The van der Waals surface area contributed by atoms with Gasteiger partial charge in [0, 0.05) is 29.5 Å². The minimum atomic E-state index is -0.298. The topological polar surface area (TPSA) is 52.7 Å². The van der Waals surface area contributed by atoms with Gasteiger partial charge in [-0.15, -0.1) is 0 Å². The highest BCUT2D eigenvalue weighted by atomic mass is 35.5. The van der Waals surface area contributed by atoms with E-state index in [2.05, 4.69) is 5.32 Å². The molecular weight excluding hydrogens is 314 g/mol. The highest BCUT2D eigenvalue weighted by molar-refractivity contribution is 6.30. The standard InChI is InChI=1S/C17H16ClN3O2/c18-13-5-4-6-14(11-13)19-17(23)20-9-10-21(16(22)12-20)15-7-2-1-3-8-15/h1-8,11H,9-10,12H2,(H,19,23). The number of amides is 3. The maximum atomic E-state index is 12.3. The Labute approximate surface area is 139 Å². The monoisotopic (exact) mass is 329 g/mol. The zero-order chi connectivity index (χ0) is 16.2. The number of para-hydroxylation sites is 1. The number of piperazine rings is 1. The number of benzene rings is 2. The van der Waals surface area contributed by atoms with Gasteiger partial charge in [0.05, 0.1) is 0 Å². The van der Waals surface area contributed by atoms with Gasteiger partial charge in [-0.05, 0) is 30.3 Å². The summed E-state index contributed by atoms with van der Waals surface area (Å²) >= 11 is 5.90. The zero-order valence-electron chi connectivity index (χ0n) is 12.4. The summed E-state index contributed by atoms with van der Waals surface area (Å²) < 4.78 is 0. The van der Waals surface area contributed by atoms with Crippen LogP contribution in [0.5, 0.6) is 0 Å². The van der Waals surface area contributed by atoms with Crippen molar-refractivity contribution in [1.29, 1.82) is 0 Å². The number of rotatable bonds is 2. The van der Waals surface area contributed by atoms with Crippen LogP contribution < -0.4 is 10.2 Å². The molecule has 0 saturated carbocycles. The van der Waals surface area contributed by atoms with Gasteiger partial charge in [-0.3, -0.25) is 4.79 Å². The van der Waals surface area contributed by atoms with Gasteiger partial charge in [0.1, 0.15) is 6.54 Å². The van der Waals surface area contributed by atoms with Crippen LogP contribution in [0.25, 0.3) is 0 Å².